The first-order valence-electron chi connectivity index (χ1n) is 4.01. The Hall–Kier alpha value is -1.57. The van der Waals surface area contributed by atoms with Crippen molar-refractivity contribution in [1.82, 2.24) is 10.2 Å². The molecule has 0 aromatic rings. The maximum atomic E-state index is 11.1. The van der Waals surface area contributed by atoms with Gasteiger partial charge < -0.3 is 0 Å². The van der Waals surface area contributed by atoms with Crippen LogP contribution in [0.2, 0.25) is 0 Å². The molecule has 0 spiro atoms. The van der Waals surface area contributed by atoms with E-state index in [0.717, 1.165) is 4.90 Å². The largest absolute Gasteiger partial charge is 0.336 e. The second-order valence-corrected chi connectivity index (χ2v) is 2.76. The van der Waals surface area contributed by atoms with Gasteiger partial charge in [-0.2, -0.15) is 5.26 Å². The van der Waals surface area contributed by atoms with Gasteiger partial charge in [-0.3, -0.25) is 10.1 Å². The number of urea groups is 1. The minimum absolute atomic E-state index is 0.212. The zero-order chi connectivity index (χ0) is 10.4. The van der Waals surface area contributed by atoms with Gasteiger partial charge in [0.2, 0.25) is 5.91 Å². The highest BCUT2D eigenvalue weighted by Crippen LogP contribution is 1.99. The van der Waals surface area contributed by atoms with Crippen LogP contribution in [-0.2, 0) is 4.79 Å². The highest BCUT2D eigenvalue weighted by atomic mass is 16.2. The monoisotopic (exact) mass is 183 g/mol. The van der Waals surface area contributed by atoms with E-state index in [4.69, 9.17) is 5.26 Å². The van der Waals surface area contributed by atoms with Crippen molar-refractivity contribution in [2.75, 3.05) is 7.05 Å². The molecule has 13 heavy (non-hydrogen) atoms. The number of carbonyl (C=O) groups is 2. The molecule has 0 radical (unpaired) electrons. The lowest BCUT2D eigenvalue weighted by atomic mass is 10.1. The standard InChI is InChI=1S/C8H13N3O2/c1-4-6(2)7(12)10-8(13)11(3)5-9/h6H,4H2,1-3H3,(H,10,12,13)/t6-/m0/s1. The van der Waals surface area contributed by atoms with Crippen LogP contribution in [0.3, 0.4) is 0 Å². The zero-order valence-corrected chi connectivity index (χ0v) is 8.00. The van der Waals surface area contributed by atoms with Crippen LogP contribution >= 0.6 is 0 Å². The molecule has 0 unspecified atom stereocenters. The third-order valence-corrected chi connectivity index (χ3v) is 1.74. The Morgan fingerprint density at radius 2 is 2.15 bits per heavy atom. The summed E-state index contributed by atoms with van der Waals surface area (Å²) in [5.41, 5.74) is 0. The van der Waals surface area contributed by atoms with Gasteiger partial charge >= 0.3 is 6.03 Å². The summed E-state index contributed by atoms with van der Waals surface area (Å²) < 4.78 is 0. The van der Waals surface area contributed by atoms with E-state index in [9.17, 15) is 9.59 Å². The van der Waals surface area contributed by atoms with E-state index < -0.39 is 6.03 Å². The molecule has 0 fully saturated rings. The summed E-state index contributed by atoms with van der Waals surface area (Å²) in [5, 5.41) is 10.4. The van der Waals surface area contributed by atoms with E-state index in [0.29, 0.717) is 6.42 Å². The van der Waals surface area contributed by atoms with E-state index in [1.54, 1.807) is 13.1 Å². The molecule has 5 nitrogen and oxygen atoms in total. The first-order valence-corrected chi connectivity index (χ1v) is 4.01. The van der Waals surface area contributed by atoms with E-state index in [-0.39, 0.29) is 11.8 Å². The number of nitrogens with one attached hydrogen (secondary N) is 1. The number of carbonyl (C=O) groups excluding carboxylic acids is 2. The lowest BCUT2D eigenvalue weighted by Gasteiger charge is -2.11. The average Bonchev–Trinajstić information content (AvgIpc) is 2.14. The average molecular weight is 183 g/mol. The molecule has 0 aromatic heterocycles. The smallest absolute Gasteiger partial charge is 0.277 e. The lowest BCUT2D eigenvalue weighted by Crippen LogP contribution is -2.40. The van der Waals surface area contributed by atoms with Gasteiger partial charge in [-0.05, 0) is 6.42 Å². The van der Waals surface area contributed by atoms with Crippen LogP contribution in [0.15, 0.2) is 0 Å². The van der Waals surface area contributed by atoms with E-state index in [1.807, 2.05) is 6.92 Å². The maximum Gasteiger partial charge on any atom is 0.336 e. The highest BCUT2D eigenvalue weighted by Gasteiger charge is 2.15. The molecular weight excluding hydrogens is 170 g/mol. The molecule has 0 aromatic carbocycles. The lowest BCUT2D eigenvalue weighted by molar-refractivity contribution is -0.123. The van der Waals surface area contributed by atoms with Crippen molar-refractivity contribution in [3.63, 3.8) is 0 Å². The second kappa shape index (κ2) is 5.14. The van der Waals surface area contributed by atoms with E-state index in [2.05, 4.69) is 5.32 Å². The summed E-state index contributed by atoms with van der Waals surface area (Å²) in [6.45, 7) is 3.57. The molecule has 0 saturated carbocycles. The minimum Gasteiger partial charge on any atom is -0.277 e. The molecule has 0 rings (SSSR count). The topological polar surface area (TPSA) is 73.2 Å². The molecule has 0 aliphatic heterocycles. The van der Waals surface area contributed by atoms with Crippen LogP contribution < -0.4 is 5.32 Å². The van der Waals surface area contributed by atoms with Gasteiger partial charge in [0.05, 0.1) is 0 Å². The fraction of sp³-hybridized carbons (Fsp3) is 0.625. The molecule has 3 amide bonds. The van der Waals surface area contributed by atoms with Crippen LogP contribution in [-0.4, -0.2) is 23.9 Å². The summed E-state index contributed by atoms with van der Waals surface area (Å²) in [7, 11) is 1.29. The van der Waals surface area contributed by atoms with Crippen LogP contribution in [0.25, 0.3) is 0 Å². The van der Waals surface area contributed by atoms with E-state index in [1.165, 1.54) is 7.05 Å². The SMILES string of the molecule is CC[C@H](C)C(=O)NC(=O)N(C)C#N. The Balaban J connectivity index is 4.08. The number of amides is 3. The van der Waals surface area contributed by atoms with Crippen molar-refractivity contribution in [2.24, 2.45) is 5.92 Å². The molecule has 0 bridgehead atoms. The number of hydrogen-bond donors (Lipinski definition) is 1. The number of hydrogen-bond acceptors (Lipinski definition) is 3. The fourth-order valence-corrected chi connectivity index (χ4v) is 0.543. The third kappa shape index (κ3) is 3.56. The Kier molecular flexibility index (Phi) is 4.52. The fourth-order valence-electron chi connectivity index (χ4n) is 0.543. The summed E-state index contributed by atoms with van der Waals surface area (Å²) in [5.74, 6) is -0.564. The summed E-state index contributed by atoms with van der Waals surface area (Å²) >= 11 is 0. The van der Waals surface area contributed by atoms with Crippen molar-refractivity contribution >= 4 is 11.9 Å². The number of nitriles is 1. The molecule has 0 saturated heterocycles. The van der Waals surface area contributed by atoms with Crippen LogP contribution in [0, 0.1) is 17.4 Å². The van der Waals surface area contributed by atoms with Crippen molar-refractivity contribution in [2.45, 2.75) is 20.3 Å². The van der Waals surface area contributed by atoms with Gasteiger partial charge in [-0.1, -0.05) is 13.8 Å². The highest BCUT2D eigenvalue weighted by molar-refractivity contribution is 5.95. The molecule has 1 atom stereocenters. The molecule has 0 aliphatic carbocycles. The Bertz CT molecular complexity index is 244. The van der Waals surface area contributed by atoms with Crippen molar-refractivity contribution in [3.05, 3.63) is 0 Å². The molecular formula is C8H13N3O2. The second-order valence-electron chi connectivity index (χ2n) is 2.76. The van der Waals surface area contributed by atoms with Gasteiger partial charge in [0.15, 0.2) is 6.19 Å². The summed E-state index contributed by atoms with van der Waals surface area (Å²) in [6.07, 6.45) is 2.26. The van der Waals surface area contributed by atoms with Crippen LogP contribution in [0.5, 0.6) is 0 Å². The maximum absolute atomic E-state index is 11.1. The third-order valence-electron chi connectivity index (χ3n) is 1.74. The number of nitrogens with zero attached hydrogens (tertiary/aromatic N) is 2. The van der Waals surface area contributed by atoms with Crippen LogP contribution in [0.4, 0.5) is 4.79 Å². The normalized spacial score (nSPS) is 11.2. The zero-order valence-electron chi connectivity index (χ0n) is 8.00. The molecule has 0 aliphatic rings. The first kappa shape index (κ1) is 11.4. The van der Waals surface area contributed by atoms with Crippen molar-refractivity contribution < 1.29 is 9.59 Å². The molecule has 72 valence electrons. The first-order chi connectivity index (χ1) is 6.02. The van der Waals surface area contributed by atoms with Crippen molar-refractivity contribution in [1.29, 1.82) is 5.26 Å². The molecule has 1 N–H and O–H groups in total. The Morgan fingerprint density at radius 3 is 2.54 bits per heavy atom. The van der Waals surface area contributed by atoms with Crippen molar-refractivity contribution in [3.8, 4) is 6.19 Å². The van der Waals surface area contributed by atoms with Gasteiger partial charge in [0.25, 0.3) is 0 Å². The number of rotatable bonds is 2. The molecule has 5 heteroatoms. The Labute approximate surface area is 77.3 Å². The molecule has 0 heterocycles. The Morgan fingerprint density at radius 1 is 1.62 bits per heavy atom. The summed E-state index contributed by atoms with van der Waals surface area (Å²) in [4.78, 5) is 22.9. The van der Waals surface area contributed by atoms with Crippen LogP contribution in [0.1, 0.15) is 20.3 Å². The van der Waals surface area contributed by atoms with Gasteiger partial charge in [-0.25, -0.2) is 9.69 Å². The van der Waals surface area contributed by atoms with Gasteiger partial charge in [0.1, 0.15) is 0 Å². The minimum atomic E-state index is -0.687. The van der Waals surface area contributed by atoms with E-state index >= 15 is 0 Å². The van der Waals surface area contributed by atoms with Gasteiger partial charge in [0, 0.05) is 13.0 Å². The quantitative estimate of drug-likeness (QED) is 0.505. The number of imide groups is 1. The summed E-state index contributed by atoms with van der Waals surface area (Å²) in [6, 6.07) is -0.687. The predicted molar refractivity (Wildman–Crippen MR) is 46.4 cm³/mol. The predicted octanol–water partition coefficient (Wildman–Crippen LogP) is 0.682. The van der Waals surface area contributed by atoms with Gasteiger partial charge in [-0.15, -0.1) is 0 Å².